The minimum atomic E-state index is -0.253. The van der Waals surface area contributed by atoms with Crippen LogP contribution in [0.1, 0.15) is 16.7 Å². The molecule has 1 heterocycles. The molecule has 1 N–H and O–H groups in total. The van der Waals surface area contributed by atoms with Crippen LogP contribution < -0.4 is 10.1 Å². The lowest BCUT2D eigenvalue weighted by Gasteiger charge is -2.10. The summed E-state index contributed by atoms with van der Waals surface area (Å²) in [7, 11) is 0. The third-order valence-corrected chi connectivity index (χ3v) is 3.55. The van der Waals surface area contributed by atoms with Gasteiger partial charge in [0.2, 0.25) is 0 Å². The first kappa shape index (κ1) is 15.3. The number of pyridine rings is 1. The predicted octanol–water partition coefficient (Wildman–Crippen LogP) is 3.68. The minimum absolute atomic E-state index is 0.0733. The summed E-state index contributed by atoms with van der Waals surface area (Å²) in [5.74, 6) is 0.885. The first-order valence-electron chi connectivity index (χ1n) is 6.58. The van der Waals surface area contributed by atoms with Gasteiger partial charge in [-0.2, -0.15) is 0 Å². The molecule has 0 saturated heterocycles. The van der Waals surface area contributed by atoms with Gasteiger partial charge < -0.3 is 10.1 Å². The van der Waals surface area contributed by atoms with Crippen molar-refractivity contribution >= 4 is 23.3 Å². The molecule has 0 aliphatic carbocycles. The van der Waals surface area contributed by atoms with Gasteiger partial charge in [-0.25, -0.2) is 4.98 Å². The summed E-state index contributed by atoms with van der Waals surface area (Å²) in [5.41, 5.74) is 2.89. The van der Waals surface area contributed by atoms with Gasteiger partial charge in [0.25, 0.3) is 5.91 Å². The highest BCUT2D eigenvalue weighted by atomic mass is 35.5. The summed E-state index contributed by atoms with van der Waals surface area (Å²) in [6.45, 7) is 5.67. The summed E-state index contributed by atoms with van der Waals surface area (Å²) in [5, 5.41) is 3.40. The van der Waals surface area contributed by atoms with Gasteiger partial charge in [-0.1, -0.05) is 17.7 Å². The fourth-order valence-electron chi connectivity index (χ4n) is 1.86. The van der Waals surface area contributed by atoms with Crippen molar-refractivity contribution in [2.75, 3.05) is 11.9 Å². The SMILES string of the molecule is Cc1ccc(NC(=O)COc2cc(C)c(Cl)c(C)c2)nc1. The van der Waals surface area contributed by atoms with Gasteiger partial charge in [-0.15, -0.1) is 0 Å². The second-order valence-corrected chi connectivity index (χ2v) is 5.31. The molecule has 0 aliphatic heterocycles. The maximum absolute atomic E-state index is 11.8. The van der Waals surface area contributed by atoms with E-state index < -0.39 is 0 Å². The van der Waals surface area contributed by atoms with E-state index in [1.54, 1.807) is 12.3 Å². The second-order valence-electron chi connectivity index (χ2n) is 4.93. The van der Waals surface area contributed by atoms with Crippen LogP contribution in [0.15, 0.2) is 30.5 Å². The number of aryl methyl sites for hydroxylation is 3. The minimum Gasteiger partial charge on any atom is -0.484 e. The molecule has 0 saturated carbocycles. The van der Waals surface area contributed by atoms with Crippen molar-refractivity contribution in [3.63, 3.8) is 0 Å². The van der Waals surface area contributed by atoms with E-state index in [2.05, 4.69) is 10.3 Å². The average molecular weight is 305 g/mol. The molecule has 1 aromatic heterocycles. The lowest BCUT2D eigenvalue weighted by atomic mass is 10.1. The van der Waals surface area contributed by atoms with Crippen molar-refractivity contribution in [3.05, 3.63) is 52.2 Å². The molecule has 0 bridgehead atoms. The van der Waals surface area contributed by atoms with Crippen LogP contribution in [0.3, 0.4) is 0 Å². The van der Waals surface area contributed by atoms with Crippen LogP contribution >= 0.6 is 11.6 Å². The van der Waals surface area contributed by atoms with Crippen LogP contribution in [0.4, 0.5) is 5.82 Å². The van der Waals surface area contributed by atoms with E-state index in [1.165, 1.54) is 0 Å². The smallest absolute Gasteiger partial charge is 0.263 e. The molecule has 110 valence electrons. The number of hydrogen-bond acceptors (Lipinski definition) is 3. The van der Waals surface area contributed by atoms with Gasteiger partial charge in [0, 0.05) is 11.2 Å². The highest BCUT2D eigenvalue weighted by Crippen LogP contribution is 2.25. The highest BCUT2D eigenvalue weighted by molar-refractivity contribution is 6.32. The lowest BCUT2D eigenvalue weighted by molar-refractivity contribution is -0.118. The topological polar surface area (TPSA) is 51.2 Å². The summed E-state index contributed by atoms with van der Waals surface area (Å²) >= 11 is 6.09. The molecule has 2 aromatic rings. The van der Waals surface area contributed by atoms with Crippen molar-refractivity contribution in [2.45, 2.75) is 20.8 Å². The summed E-state index contributed by atoms with van der Waals surface area (Å²) in [6, 6.07) is 7.26. The third-order valence-electron chi connectivity index (χ3n) is 2.96. The zero-order valence-electron chi connectivity index (χ0n) is 12.2. The number of nitrogens with zero attached hydrogens (tertiary/aromatic N) is 1. The van der Waals surface area contributed by atoms with E-state index in [0.717, 1.165) is 21.7 Å². The normalized spacial score (nSPS) is 10.3. The largest absolute Gasteiger partial charge is 0.484 e. The Hall–Kier alpha value is -2.07. The number of nitrogens with one attached hydrogen (secondary N) is 1. The van der Waals surface area contributed by atoms with E-state index >= 15 is 0 Å². The van der Waals surface area contributed by atoms with Crippen LogP contribution in [0, 0.1) is 20.8 Å². The molecule has 5 heteroatoms. The molecular formula is C16H17ClN2O2. The van der Waals surface area contributed by atoms with E-state index in [1.807, 2.05) is 39.0 Å². The van der Waals surface area contributed by atoms with E-state index in [4.69, 9.17) is 16.3 Å². The standard InChI is InChI=1S/C16H17ClN2O2/c1-10-4-5-14(18-8-10)19-15(20)9-21-13-6-11(2)16(17)12(3)7-13/h4-8H,9H2,1-3H3,(H,18,19,20). The Morgan fingerprint density at radius 3 is 2.48 bits per heavy atom. The Kier molecular flexibility index (Phi) is 4.81. The number of carbonyl (C=O) groups is 1. The van der Waals surface area contributed by atoms with Gasteiger partial charge in [0.05, 0.1) is 0 Å². The maximum atomic E-state index is 11.8. The predicted molar refractivity (Wildman–Crippen MR) is 84.0 cm³/mol. The lowest BCUT2D eigenvalue weighted by Crippen LogP contribution is -2.20. The van der Waals surface area contributed by atoms with Crippen LogP contribution in [0.2, 0.25) is 5.02 Å². The summed E-state index contributed by atoms with van der Waals surface area (Å²) in [4.78, 5) is 15.9. The molecular weight excluding hydrogens is 288 g/mol. The van der Waals surface area contributed by atoms with Crippen molar-refractivity contribution in [1.29, 1.82) is 0 Å². The molecule has 21 heavy (non-hydrogen) atoms. The van der Waals surface area contributed by atoms with Gasteiger partial charge >= 0.3 is 0 Å². The molecule has 2 rings (SSSR count). The Morgan fingerprint density at radius 2 is 1.90 bits per heavy atom. The zero-order chi connectivity index (χ0) is 15.4. The molecule has 0 aliphatic rings. The molecule has 0 unspecified atom stereocenters. The van der Waals surface area contributed by atoms with E-state index in [0.29, 0.717) is 11.6 Å². The number of halogens is 1. The molecule has 0 atom stereocenters. The van der Waals surface area contributed by atoms with Crippen molar-refractivity contribution in [1.82, 2.24) is 4.98 Å². The highest BCUT2D eigenvalue weighted by Gasteiger charge is 2.07. The fraction of sp³-hybridized carbons (Fsp3) is 0.250. The first-order chi connectivity index (χ1) is 9.95. The summed E-state index contributed by atoms with van der Waals surface area (Å²) < 4.78 is 5.48. The number of aromatic nitrogens is 1. The number of amides is 1. The molecule has 0 fully saturated rings. The summed E-state index contributed by atoms with van der Waals surface area (Å²) in [6.07, 6.45) is 1.70. The van der Waals surface area contributed by atoms with Crippen LogP contribution in [-0.2, 0) is 4.79 Å². The number of hydrogen-bond donors (Lipinski definition) is 1. The quantitative estimate of drug-likeness (QED) is 0.937. The second kappa shape index (κ2) is 6.59. The van der Waals surface area contributed by atoms with Gasteiger partial charge in [-0.3, -0.25) is 4.79 Å². The van der Waals surface area contributed by atoms with Crippen molar-refractivity contribution in [3.8, 4) is 5.75 Å². The van der Waals surface area contributed by atoms with Gasteiger partial charge in [0.15, 0.2) is 6.61 Å². The number of carbonyl (C=O) groups excluding carboxylic acids is 1. The molecule has 1 amide bonds. The number of rotatable bonds is 4. The number of ether oxygens (including phenoxy) is 1. The Bertz CT molecular complexity index is 631. The third kappa shape index (κ3) is 4.20. The first-order valence-corrected chi connectivity index (χ1v) is 6.95. The van der Waals surface area contributed by atoms with E-state index in [9.17, 15) is 4.79 Å². The Balaban J connectivity index is 1.93. The molecule has 0 radical (unpaired) electrons. The Morgan fingerprint density at radius 1 is 1.24 bits per heavy atom. The van der Waals surface area contributed by atoms with Gasteiger partial charge in [0.1, 0.15) is 11.6 Å². The maximum Gasteiger partial charge on any atom is 0.263 e. The van der Waals surface area contributed by atoms with Crippen molar-refractivity contribution < 1.29 is 9.53 Å². The Labute approximate surface area is 129 Å². The zero-order valence-corrected chi connectivity index (χ0v) is 13.0. The van der Waals surface area contributed by atoms with Crippen LogP contribution in [-0.4, -0.2) is 17.5 Å². The van der Waals surface area contributed by atoms with Crippen LogP contribution in [0.5, 0.6) is 5.75 Å². The average Bonchev–Trinajstić information content (AvgIpc) is 2.45. The van der Waals surface area contributed by atoms with Gasteiger partial charge in [-0.05, 0) is 55.7 Å². The number of benzene rings is 1. The molecule has 1 aromatic carbocycles. The molecule has 0 spiro atoms. The fourth-order valence-corrected chi connectivity index (χ4v) is 1.97. The molecule has 4 nitrogen and oxygen atoms in total. The van der Waals surface area contributed by atoms with E-state index in [-0.39, 0.29) is 12.5 Å². The monoisotopic (exact) mass is 304 g/mol. The van der Waals surface area contributed by atoms with Crippen LogP contribution in [0.25, 0.3) is 0 Å². The number of anilines is 1. The van der Waals surface area contributed by atoms with Crippen molar-refractivity contribution in [2.24, 2.45) is 0 Å².